The van der Waals surface area contributed by atoms with Gasteiger partial charge in [0, 0.05) is 38.9 Å². The molecule has 3 aromatic carbocycles. The Balaban J connectivity index is 1.26. The first-order valence-corrected chi connectivity index (χ1v) is 12.1. The minimum Gasteiger partial charge on any atom is -0.505 e. The summed E-state index contributed by atoms with van der Waals surface area (Å²) in [5, 5.41) is 16.7. The fraction of sp³-hybridized carbons (Fsp3) is 0.179. The van der Waals surface area contributed by atoms with Crippen molar-refractivity contribution in [2.24, 2.45) is 0 Å². The molecule has 0 atom stereocenters. The van der Waals surface area contributed by atoms with Crippen molar-refractivity contribution >= 4 is 28.9 Å². The second kappa shape index (κ2) is 10.6. The van der Waals surface area contributed by atoms with Crippen molar-refractivity contribution < 1.29 is 14.7 Å². The smallest absolute Gasteiger partial charge is 0.272 e. The van der Waals surface area contributed by atoms with Gasteiger partial charge in [-0.1, -0.05) is 42.5 Å². The van der Waals surface area contributed by atoms with Crippen LogP contribution in [-0.2, 0) is 6.54 Å². The molecule has 1 saturated heterocycles. The monoisotopic (exact) mass is 511 g/mol. The van der Waals surface area contributed by atoms with E-state index in [4.69, 9.17) is 0 Å². The molecule has 0 unspecified atom stereocenters. The summed E-state index contributed by atoms with van der Waals surface area (Å²) in [4.78, 5) is 57.5. The van der Waals surface area contributed by atoms with Crippen LogP contribution in [0, 0.1) is 0 Å². The maximum atomic E-state index is 13.2. The highest BCUT2D eigenvalue weighted by molar-refractivity contribution is 5.99. The van der Waals surface area contributed by atoms with Crippen LogP contribution in [0.3, 0.4) is 0 Å². The zero-order valence-electron chi connectivity index (χ0n) is 20.4. The fourth-order valence-electron chi connectivity index (χ4n) is 4.35. The van der Waals surface area contributed by atoms with E-state index in [1.807, 2.05) is 30.3 Å². The summed E-state index contributed by atoms with van der Waals surface area (Å²) in [6.07, 6.45) is 1.56. The van der Waals surface area contributed by atoms with Gasteiger partial charge in [0.1, 0.15) is 17.1 Å². The van der Waals surface area contributed by atoms with Crippen LogP contribution in [0.25, 0.3) is 0 Å². The molecular formula is C28H25N5O5. The van der Waals surface area contributed by atoms with Crippen LogP contribution in [0.4, 0.5) is 17.1 Å². The number of amides is 2. The average molecular weight is 512 g/mol. The molecule has 0 saturated carbocycles. The maximum absolute atomic E-state index is 13.2. The summed E-state index contributed by atoms with van der Waals surface area (Å²) in [6, 6.07) is 19.1. The maximum Gasteiger partial charge on any atom is 0.272 e. The Bertz CT molecular complexity index is 1540. The number of pyridine rings is 1. The molecule has 1 aliphatic rings. The van der Waals surface area contributed by atoms with Gasteiger partial charge in [0.15, 0.2) is 5.75 Å². The van der Waals surface area contributed by atoms with Gasteiger partial charge in [0.2, 0.25) is 0 Å². The van der Waals surface area contributed by atoms with Crippen LogP contribution in [0.1, 0.15) is 26.4 Å². The Kier molecular flexibility index (Phi) is 6.86. The van der Waals surface area contributed by atoms with Crippen LogP contribution in [0.2, 0.25) is 0 Å². The zero-order chi connectivity index (χ0) is 26.6. The topological polar surface area (TPSA) is 132 Å². The van der Waals surface area contributed by atoms with Crippen LogP contribution in [0.5, 0.6) is 5.75 Å². The SMILES string of the molecule is O=C(c1ccccn1)N1CCN(C(=O)c2cccc(Nc3c(NCc4ccccc4)c(=O)c3=O)c2O)CC1. The molecule has 10 nitrogen and oxygen atoms in total. The predicted molar refractivity (Wildman–Crippen MR) is 143 cm³/mol. The first-order chi connectivity index (χ1) is 18.4. The number of nitrogens with zero attached hydrogens (tertiary/aromatic N) is 3. The Morgan fingerprint density at radius 3 is 2.13 bits per heavy atom. The standard InChI is InChI=1S/C28H25N5O5/c34-24-19(27(37)32-13-15-33(16-14-32)28(38)21-10-4-5-12-29-21)9-6-11-20(24)31-23-22(25(35)26(23)36)30-17-18-7-2-1-3-8-18/h1-12,30-31,34H,13-17H2. The highest BCUT2D eigenvalue weighted by atomic mass is 16.3. The molecule has 5 rings (SSSR count). The molecule has 0 radical (unpaired) electrons. The molecule has 192 valence electrons. The molecule has 1 fully saturated rings. The van der Waals surface area contributed by atoms with E-state index in [1.54, 1.807) is 40.3 Å². The molecule has 38 heavy (non-hydrogen) atoms. The van der Waals surface area contributed by atoms with Crippen molar-refractivity contribution in [3.63, 3.8) is 0 Å². The van der Waals surface area contributed by atoms with Gasteiger partial charge in [-0.3, -0.25) is 24.2 Å². The van der Waals surface area contributed by atoms with Gasteiger partial charge in [-0.2, -0.15) is 0 Å². The minimum absolute atomic E-state index is 0.0347. The van der Waals surface area contributed by atoms with Crippen molar-refractivity contribution in [3.05, 3.63) is 110 Å². The number of anilines is 3. The number of hydrogen-bond donors (Lipinski definition) is 3. The van der Waals surface area contributed by atoms with Gasteiger partial charge < -0.3 is 25.5 Å². The quantitative estimate of drug-likeness (QED) is 0.255. The lowest BCUT2D eigenvalue weighted by molar-refractivity contribution is 0.0530. The Morgan fingerprint density at radius 2 is 1.45 bits per heavy atom. The number of aromatic nitrogens is 1. The summed E-state index contributed by atoms with van der Waals surface area (Å²) in [6.45, 7) is 1.60. The zero-order valence-corrected chi connectivity index (χ0v) is 20.4. The van der Waals surface area contributed by atoms with Gasteiger partial charge in [-0.25, -0.2) is 0 Å². The predicted octanol–water partition coefficient (Wildman–Crippen LogP) is 2.34. The number of para-hydroxylation sites is 1. The van der Waals surface area contributed by atoms with E-state index >= 15 is 0 Å². The average Bonchev–Trinajstić information content (AvgIpc) is 2.97. The first-order valence-electron chi connectivity index (χ1n) is 12.1. The largest absolute Gasteiger partial charge is 0.505 e. The van der Waals surface area contributed by atoms with Crippen molar-refractivity contribution in [1.82, 2.24) is 14.8 Å². The molecule has 2 heterocycles. The van der Waals surface area contributed by atoms with E-state index in [-0.39, 0.29) is 34.3 Å². The molecule has 10 heteroatoms. The second-order valence-corrected chi connectivity index (χ2v) is 8.87. The second-order valence-electron chi connectivity index (χ2n) is 8.87. The van der Waals surface area contributed by atoms with Gasteiger partial charge in [-0.15, -0.1) is 0 Å². The number of rotatable bonds is 7. The minimum atomic E-state index is -0.703. The fourth-order valence-corrected chi connectivity index (χ4v) is 4.35. The summed E-state index contributed by atoms with van der Waals surface area (Å²) in [7, 11) is 0. The Labute approximate surface area is 217 Å². The van der Waals surface area contributed by atoms with Gasteiger partial charge in [0.05, 0.1) is 11.3 Å². The van der Waals surface area contributed by atoms with E-state index in [9.17, 15) is 24.3 Å². The number of piperazine rings is 1. The van der Waals surface area contributed by atoms with E-state index in [2.05, 4.69) is 15.6 Å². The normalized spacial score (nSPS) is 13.4. The van der Waals surface area contributed by atoms with Crippen LogP contribution < -0.4 is 21.5 Å². The lowest BCUT2D eigenvalue weighted by Crippen LogP contribution is -2.50. The van der Waals surface area contributed by atoms with Gasteiger partial charge in [-0.05, 0) is 29.8 Å². The van der Waals surface area contributed by atoms with Crippen LogP contribution in [0.15, 0.2) is 82.5 Å². The van der Waals surface area contributed by atoms with Gasteiger partial charge in [0.25, 0.3) is 22.7 Å². The molecule has 1 aromatic heterocycles. The third-order valence-corrected chi connectivity index (χ3v) is 6.49. The highest BCUT2D eigenvalue weighted by Crippen LogP contribution is 2.32. The number of aromatic hydroxyl groups is 1. The van der Waals surface area contributed by atoms with E-state index in [1.165, 1.54) is 12.1 Å². The lowest BCUT2D eigenvalue weighted by Gasteiger charge is -2.34. The molecule has 4 aromatic rings. The number of benzene rings is 2. The lowest BCUT2D eigenvalue weighted by atomic mass is 10.1. The number of nitrogens with one attached hydrogen (secondary N) is 2. The van der Waals surface area contributed by atoms with Gasteiger partial charge >= 0.3 is 0 Å². The highest BCUT2D eigenvalue weighted by Gasteiger charge is 2.28. The van der Waals surface area contributed by atoms with Crippen molar-refractivity contribution in [2.75, 3.05) is 36.8 Å². The Hall–Kier alpha value is -4.99. The summed E-state index contributed by atoms with van der Waals surface area (Å²) in [5.41, 5.74) is 0.282. The number of carbonyl (C=O) groups excluding carboxylic acids is 2. The summed E-state index contributed by atoms with van der Waals surface area (Å²) in [5.74, 6) is -0.925. The molecule has 2 amide bonds. The van der Waals surface area contributed by atoms with Crippen molar-refractivity contribution in [3.8, 4) is 5.75 Å². The third kappa shape index (κ3) is 4.83. The van der Waals surface area contributed by atoms with Crippen molar-refractivity contribution in [2.45, 2.75) is 6.54 Å². The molecule has 1 aliphatic heterocycles. The summed E-state index contributed by atoms with van der Waals surface area (Å²) < 4.78 is 0. The summed E-state index contributed by atoms with van der Waals surface area (Å²) >= 11 is 0. The molecule has 3 N–H and O–H groups in total. The van der Waals surface area contributed by atoms with E-state index < -0.39 is 16.8 Å². The van der Waals surface area contributed by atoms with E-state index in [0.29, 0.717) is 38.4 Å². The number of phenols is 1. The molecule has 0 spiro atoms. The number of hydrogen-bond acceptors (Lipinski definition) is 8. The van der Waals surface area contributed by atoms with Crippen LogP contribution >= 0.6 is 0 Å². The van der Waals surface area contributed by atoms with Crippen LogP contribution in [-0.4, -0.2) is 57.9 Å². The first kappa shape index (κ1) is 24.7. The Morgan fingerprint density at radius 1 is 0.789 bits per heavy atom. The van der Waals surface area contributed by atoms with Crippen molar-refractivity contribution in [1.29, 1.82) is 0 Å². The number of phenolic OH excluding ortho intramolecular Hbond substituents is 1. The third-order valence-electron chi connectivity index (χ3n) is 6.49. The molecular weight excluding hydrogens is 486 g/mol. The molecule has 0 aliphatic carbocycles. The van der Waals surface area contributed by atoms with E-state index in [0.717, 1.165) is 5.56 Å². The molecule has 0 bridgehead atoms. The number of carbonyl (C=O) groups is 2.